The summed E-state index contributed by atoms with van der Waals surface area (Å²) in [6, 6.07) is 11.4. The maximum absolute atomic E-state index is 9.53. The Labute approximate surface area is 132 Å². The SMILES string of the molecule is Oc1ccc(-c2nc3ccc4[nH]ncc4c3c3c2CCC3)cc1. The van der Waals surface area contributed by atoms with Gasteiger partial charge in [0.25, 0.3) is 0 Å². The third kappa shape index (κ3) is 1.78. The lowest BCUT2D eigenvalue weighted by atomic mass is 9.97. The number of pyridine rings is 1. The van der Waals surface area contributed by atoms with E-state index in [-0.39, 0.29) is 5.75 Å². The quantitative estimate of drug-likeness (QED) is 0.559. The monoisotopic (exact) mass is 301 g/mol. The second-order valence-corrected chi connectivity index (χ2v) is 6.11. The molecule has 5 rings (SSSR count). The van der Waals surface area contributed by atoms with Gasteiger partial charge in [0.15, 0.2) is 0 Å². The van der Waals surface area contributed by atoms with Crippen molar-refractivity contribution in [2.45, 2.75) is 19.3 Å². The molecule has 112 valence electrons. The van der Waals surface area contributed by atoms with Gasteiger partial charge in [0.05, 0.1) is 22.9 Å². The molecule has 23 heavy (non-hydrogen) atoms. The van der Waals surface area contributed by atoms with Crippen LogP contribution in [0.15, 0.2) is 42.6 Å². The fourth-order valence-corrected chi connectivity index (χ4v) is 3.74. The largest absolute Gasteiger partial charge is 0.508 e. The number of fused-ring (bicyclic) bond motifs is 5. The average molecular weight is 301 g/mol. The van der Waals surface area contributed by atoms with Crippen molar-refractivity contribution in [1.29, 1.82) is 0 Å². The minimum absolute atomic E-state index is 0.284. The molecule has 0 atom stereocenters. The number of hydrogen-bond acceptors (Lipinski definition) is 3. The van der Waals surface area contributed by atoms with Crippen molar-refractivity contribution in [3.8, 4) is 17.0 Å². The Hall–Kier alpha value is -2.88. The number of nitrogens with one attached hydrogen (secondary N) is 1. The summed E-state index contributed by atoms with van der Waals surface area (Å²) in [5.41, 5.74) is 6.94. The van der Waals surface area contributed by atoms with Gasteiger partial charge in [0, 0.05) is 16.3 Å². The molecule has 0 saturated carbocycles. The van der Waals surface area contributed by atoms with Crippen LogP contribution in [-0.4, -0.2) is 20.3 Å². The molecule has 0 amide bonds. The molecule has 1 aliphatic rings. The highest BCUT2D eigenvalue weighted by atomic mass is 16.3. The maximum atomic E-state index is 9.53. The zero-order valence-electron chi connectivity index (χ0n) is 12.5. The zero-order valence-corrected chi connectivity index (χ0v) is 12.5. The first-order chi connectivity index (χ1) is 11.3. The number of rotatable bonds is 1. The van der Waals surface area contributed by atoms with Crippen LogP contribution in [0.25, 0.3) is 33.1 Å². The molecular formula is C19H15N3O. The molecule has 0 saturated heterocycles. The van der Waals surface area contributed by atoms with Crippen LogP contribution in [0, 0.1) is 0 Å². The summed E-state index contributed by atoms with van der Waals surface area (Å²) in [7, 11) is 0. The maximum Gasteiger partial charge on any atom is 0.115 e. The number of benzene rings is 2. The van der Waals surface area contributed by atoms with Crippen LogP contribution in [-0.2, 0) is 12.8 Å². The van der Waals surface area contributed by atoms with Crippen molar-refractivity contribution in [2.75, 3.05) is 0 Å². The molecule has 2 N–H and O–H groups in total. The summed E-state index contributed by atoms with van der Waals surface area (Å²) in [5, 5.41) is 19.2. The Bertz CT molecular complexity index is 1050. The molecule has 0 radical (unpaired) electrons. The Morgan fingerprint density at radius 1 is 0.957 bits per heavy atom. The van der Waals surface area contributed by atoms with Gasteiger partial charge in [-0.3, -0.25) is 5.10 Å². The normalized spacial score (nSPS) is 13.7. The van der Waals surface area contributed by atoms with E-state index >= 15 is 0 Å². The first-order valence-corrected chi connectivity index (χ1v) is 7.88. The number of aryl methyl sites for hydroxylation is 1. The lowest BCUT2D eigenvalue weighted by Gasteiger charge is -2.12. The molecule has 0 unspecified atom stereocenters. The van der Waals surface area contributed by atoms with Crippen LogP contribution in [0.5, 0.6) is 5.75 Å². The van der Waals surface area contributed by atoms with Gasteiger partial charge in [0.2, 0.25) is 0 Å². The van der Waals surface area contributed by atoms with E-state index in [1.807, 2.05) is 24.4 Å². The van der Waals surface area contributed by atoms with Gasteiger partial charge in [-0.25, -0.2) is 4.98 Å². The summed E-state index contributed by atoms with van der Waals surface area (Å²) in [6.07, 6.45) is 5.21. The number of hydrogen-bond donors (Lipinski definition) is 2. The third-order valence-electron chi connectivity index (χ3n) is 4.78. The van der Waals surface area contributed by atoms with Crippen molar-refractivity contribution in [1.82, 2.24) is 15.2 Å². The number of phenols is 1. The molecule has 2 heterocycles. The topological polar surface area (TPSA) is 61.8 Å². The number of aromatic nitrogens is 3. The molecule has 1 aliphatic carbocycles. The lowest BCUT2D eigenvalue weighted by molar-refractivity contribution is 0.475. The van der Waals surface area contributed by atoms with Crippen molar-refractivity contribution < 1.29 is 5.11 Å². The van der Waals surface area contributed by atoms with Gasteiger partial charge in [-0.15, -0.1) is 0 Å². The summed E-state index contributed by atoms with van der Waals surface area (Å²) in [6.45, 7) is 0. The molecule has 4 nitrogen and oxygen atoms in total. The number of aromatic amines is 1. The summed E-state index contributed by atoms with van der Waals surface area (Å²) >= 11 is 0. The van der Waals surface area contributed by atoms with Crippen LogP contribution < -0.4 is 0 Å². The van der Waals surface area contributed by atoms with E-state index in [0.29, 0.717) is 0 Å². The van der Waals surface area contributed by atoms with Crippen LogP contribution >= 0.6 is 0 Å². The molecule has 2 aromatic heterocycles. The Morgan fingerprint density at radius 3 is 2.65 bits per heavy atom. The van der Waals surface area contributed by atoms with Gasteiger partial charge in [0.1, 0.15) is 5.75 Å². The molecule has 0 spiro atoms. The van der Waals surface area contributed by atoms with Crippen molar-refractivity contribution in [2.24, 2.45) is 0 Å². The second-order valence-electron chi connectivity index (χ2n) is 6.11. The molecule has 4 aromatic rings. The highest BCUT2D eigenvalue weighted by Crippen LogP contribution is 2.38. The number of phenolic OH excluding ortho intramolecular Hbond substituents is 1. The fraction of sp³-hybridized carbons (Fsp3) is 0.158. The molecule has 0 fully saturated rings. The Morgan fingerprint density at radius 2 is 1.78 bits per heavy atom. The van der Waals surface area contributed by atoms with Crippen molar-refractivity contribution in [3.05, 3.63) is 53.7 Å². The second kappa shape index (κ2) is 4.56. The fourth-order valence-electron chi connectivity index (χ4n) is 3.74. The highest BCUT2D eigenvalue weighted by Gasteiger charge is 2.22. The van der Waals surface area contributed by atoms with Crippen LogP contribution in [0.1, 0.15) is 17.5 Å². The van der Waals surface area contributed by atoms with E-state index in [2.05, 4.69) is 16.3 Å². The van der Waals surface area contributed by atoms with E-state index in [9.17, 15) is 5.11 Å². The zero-order chi connectivity index (χ0) is 15.4. The number of nitrogens with zero attached hydrogens (tertiary/aromatic N) is 2. The average Bonchev–Trinajstić information content (AvgIpc) is 3.23. The van der Waals surface area contributed by atoms with Gasteiger partial charge < -0.3 is 5.11 Å². The predicted octanol–water partition coefficient (Wildman–Crippen LogP) is 3.97. The summed E-state index contributed by atoms with van der Waals surface area (Å²) in [4.78, 5) is 4.95. The summed E-state index contributed by atoms with van der Waals surface area (Å²) in [5.74, 6) is 0.284. The first-order valence-electron chi connectivity index (χ1n) is 7.88. The Balaban J connectivity index is 1.88. The van der Waals surface area contributed by atoms with E-state index in [0.717, 1.165) is 46.9 Å². The van der Waals surface area contributed by atoms with Crippen molar-refractivity contribution in [3.63, 3.8) is 0 Å². The van der Waals surface area contributed by atoms with E-state index < -0.39 is 0 Å². The number of aromatic hydroxyl groups is 1. The molecule has 0 bridgehead atoms. The van der Waals surface area contributed by atoms with Crippen molar-refractivity contribution >= 4 is 21.8 Å². The van der Waals surface area contributed by atoms with E-state index in [1.165, 1.54) is 16.5 Å². The summed E-state index contributed by atoms with van der Waals surface area (Å²) < 4.78 is 0. The molecule has 4 heteroatoms. The Kier molecular flexibility index (Phi) is 2.50. The van der Waals surface area contributed by atoms with Crippen LogP contribution in [0.4, 0.5) is 0 Å². The van der Waals surface area contributed by atoms with Gasteiger partial charge in [-0.1, -0.05) is 0 Å². The molecule has 2 aromatic carbocycles. The highest BCUT2D eigenvalue weighted by molar-refractivity contribution is 6.07. The van der Waals surface area contributed by atoms with Crippen LogP contribution in [0.2, 0.25) is 0 Å². The third-order valence-corrected chi connectivity index (χ3v) is 4.78. The van der Waals surface area contributed by atoms with Gasteiger partial charge in [-0.05, 0) is 66.8 Å². The van der Waals surface area contributed by atoms with E-state index in [1.54, 1.807) is 12.1 Å². The minimum atomic E-state index is 0.284. The molecule has 0 aliphatic heterocycles. The minimum Gasteiger partial charge on any atom is -0.508 e. The predicted molar refractivity (Wildman–Crippen MR) is 90.5 cm³/mol. The lowest BCUT2D eigenvalue weighted by Crippen LogP contribution is -1.96. The van der Waals surface area contributed by atoms with Crippen LogP contribution in [0.3, 0.4) is 0 Å². The number of H-pyrrole nitrogens is 1. The molecular weight excluding hydrogens is 286 g/mol. The first kappa shape index (κ1) is 12.6. The standard InChI is InChI=1S/C19H15N3O/c23-12-6-4-11(5-7-12)19-14-3-1-2-13(14)18-15-10-20-22-16(15)8-9-17(18)21-19/h4-10,23H,1-3H2,(H,20,22). The smallest absolute Gasteiger partial charge is 0.115 e. The van der Waals surface area contributed by atoms with Gasteiger partial charge >= 0.3 is 0 Å². The van der Waals surface area contributed by atoms with E-state index in [4.69, 9.17) is 4.98 Å². The van der Waals surface area contributed by atoms with Gasteiger partial charge in [-0.2, -0.15) is 5.10 Å².